The van der Waals surface area contributed by atoms with Crippen molar-refractivity contribution in [3.8, 4) is 0 Å². The molecule has 7 atom stereocenters. The third-order valence-corrected chi connectivity index (χ3v) is 9.67. The number of rotatable bonds is 0. The zero-order chi connectivity index (χ0) is 17.9. The molecule has 4 aliphatic carbocycles. The van der Waals surface area contributed by atoms with E-state index in [9.17, 15) is 9.59 Å². The maximum Gasteiger partial charge on any atom is 0.306 e. The Labute approximate surface area is 154 Å². The first-order valence-electron chi connectivity index (χ1n) is 10.5. The first kappa shape index (κ1) is 15.9. The van der Waals surface area contributed by atoms with Crippen LogP contribution in [-0.2, 0) is 19.1 Å². The van der Waals surface area contributed by atoms with E-state index >= 15 is 0 Å². The zero-order valence-electron chi connectivity index (χ0n) is 15.8. The summed E-state index contributed by atoms with van der Waals surface area (Å²) in [6.45, 7) is 4.74. The van der Waals surface area contributed by atoms with Crippen molar-refractivity contribution in [3.05, 3.63) is 11.6 Å². The number of epoxide rings is 1. The first-order chi connectivity index (χ1) is 12.3. The smallest absolute Gasteiger partial charge is 0.306 e. The van der Waals surface area contributed by atoms with Crippen LogP contribution in [0.3, 0.4) is 0 Å². The van der Waals surface area contributed by atoms with E-state index in [0.717, 1.165) is 44.9 Å². The standard InChI is InChI=1S/C22H28O4/c1-19-8-5-14(23)11-13(19)3-4-16-15-6-9-21(10-7-18(24)26-21)20(15,2)12-17-22(16,19)25-17/h11,15-17H,3-10,12H2,1-2H3/t15?,16?,17-,19?,20?,21+,22-/m0/s1. The molecule has 6 rings (SSSR count). The van der Waals surface area contributed by atoms with Crippen molar-refractivity contribution < 1.29 is 19.1 Å². The van der Waals surface area contributed by atoms with Crippen LogP contribution in [0.2, 0.25) is 0 Å². The maximum atomic E-state index is 12.0. The molecule has 5 fully saturated rings. The highest BCUT2D eigenvalue weighted by Gasteiger charge is 2.81. The average Bonchev–Trinajstić information content (AvgIpc) is 3.08. The van der Waals surface area contributed by atoms with Gasteiger partial charge in [0.05, 0.1) is 6.10 Å². The Morgan fingerprint density at radius 2 is 1.85 bits per heavy atom. The van der Waals surface area contributed by atoms with E-state index < -0.39 is 0 Å². The van der Waals surface area contributed by atoms with E-state index in [1.54, 1.807) is 0 Å². The summed E-state index contributed by atoms with van der Waals surface area (Å²) in [6.07, 6.45) is 10.6. The van der Waals surface area contributed by atoms with E-state index in [-0.39, 0.29) is 34.1 Å². The highest BCUT2D eigenvalue weighted by Crippen LogP contribution is 2.77. The normalized spacial score (nSPS) is 57.0. The molecule has 0 aromatic carbocycles. The van der Waals surface area contributed by atoms with Gasteiger partial charge in [-0.3, -0.25) is 9.59 Å². The Morgan fingerprint density at radius 1 is 1.00 bits per heavy atom. The van der Waals surface area contributed by atoms with Gasteiger partial charge in [-0.05, 0) is 62.9 Å². The summed E-state index contributed by atoms with van der Waals surface area (Å²) in [4.78, 5) is 24.0. The molecule has 2 aliphatic heterocycles. The minimum absolute atomic E-state index is 0.00737. The lowest BCUT2D eigenvalue weighted by Crippen LogP contribution is -2.59. The van der Waals surface area contributed by atoms with Crippen LogP contribution in [0.1, 0.15) is 71.6 Å². The summed E-state index contributed by atoms with van der Waals surface area (Å²) < 4.78 is 12.6. The van der Waals surface area contributed by atoms with E-state index in [1.165, 1.54) is 5.57 Å². The summed E-state index contributed by atoms with van der Waals surface area (Å²) in [5.74, 6) is 1.40. The predicted octanol–water partition coefficient (Wildman–Crippen LogP) is 3.73. The van der Waals surface area contributed by atoms with Crippen LogP contribution in [0, 0.1) is 22.7 Å². The number of esters is 1. The monoisotopic (exact) mass is 356 g/mol. The molecular formula is C22H28O4. The highest BCUT2D eigenvalue weighted by atomic mass is 16.6. The molecule has 26 heavy (non-hydrogen) atoms. The molecule has 2 saturated heterocycles. The Balaban J connectivity index is 1.42. The first-order valence-corrected chi connectivity index (χ1v) is 10.5. The summed E-state index contributed by atoms with van der Waals surface area (Å²) >= 11 is 0. The van der Waals surface area contributed by atoms with Crippen molar-refractivity contribution in [2.45, 2.75) is 88.9 Å². The molecule has 0 aromatic rings. The van der Waals surface area contributed by atoms with Gasteiger partial charge in [0, 0.05) is 23.7 Å². The number of hydrogen-bond acceptors (Lipinski definition) is 4. The lowest BCUT2D eigenvalue weighted by Gasteiger charge is -2.56. The second-order valence-corrected chi connectivity index (χ2v) is 10.2. The lowest BCUT2D eigenvalue weighted by atomic mass is 9.46. The van der Waals surface area contributed by atoms with Gasteiger partial charge in [0.1, 0.15) is 11.2 Å². The average molecular weight is 356 g/mol. The van der Waals surface area contributed by atoms with Crippen molar-refractivity contribution in [1.29, 1.82) is 0 Å². The molecule has 0 aromatic heterocycles. The summed E-state index contributed by atoms with van der Waals surface area (Å²) in [7, 11) is 0. The van der Waals surface area contributed by atoms with Gasteiger partial charge in [0.2, 0.25) is 0 Å². The third-order valence-electron chi connectivity index (χ3n) is 9.67. The van der Waals surface area contributed by atoms with E-state index in [2.05, 4.69) is 13.8 Å². The van der Waals surface area contributed by atoms with Crippen LogP contribution in [0.25, 0.3) is 0 Å². The highest BCUT2D eigenvalue weighted by molar-refractivity contribution is 5.91. The number of fused-ring (bicyclic) bond motifs is 4. The summed E-state index contributed by atoms with van der Waals surface area (Å²) in [5, 5.41) is 0. The van der Waals surface area contributed by atoms with Gasteiger partial charge in [-0.2, -0.15) is 0 Å². The number of ketones is 1. The topological polar surface area (TPSA) is 55.9 Å². The quantitative estimate of drug-likeness (QED) is 0.490. The number of carbonyl (C=O) groups excluding carboxylic acids is 2. The minimum atomic E-state index is -0.244. The van der Waals surface area contributed by atoms with Crippen LogP contribution in [0.4, 0.5) is 0 Å². The zero-order valence-corrected chi connectivity index (χ0v) is 15.8. The molecule has 0 radical (unpaired) electrons. The molecule has 0 bridgehead atoms. The van der Waals surface area contributed by atoms with Gasteiger partial charge in [0.15, 0.2) is 5.78 Å². The summed E-state index contributed by atoms with van der Waals surface area (Å²) in [5.41, 5.74) is 1.12. The van der Waals surface area contributed by atoms with E-state index in [1.807, 2.05) is 6.08 Å². The molecule has 4 nitrogen and oxygen atoms in total. The minimum Gasteiger partial charge on any atom is -0.458 e. The van der Waals surface area contributed by atoms with E-state index in [4.69, 9.17) is 9.47 Å². The van der Waals surface area contributed by atoms with Gasteiger partial charge in [-0.1, -0.05) is 19.4 Å². The van der Waals surface area contributed by atoms with Crippen molar-refractivity contribution in [3.63, 3.8) is 0 Å². The van der Waals surface area contributed by atoms with Crippen LogP contribution < -0.4 is 0 Å². The molecule has 2 heterocycles. The second-order valence-electron chi connectivity index (χ2n) is 10.2. The molecule has 6 aliphatic rings. The van der Waals surface area contributed by atoms with Gasteiger partial charge < -0.3 is 9.47 Å². The molecule has 3 saturated carbocycles. The molecule has 0 amide bonds. The Kier molecular flexibility index (Phi) is 2.72. The molecule has 140 valence electrons. The van der Waals surface area contributed by atoms with Crippen LogP contribution in [0.5, 0.6) is 0 Å². The van der Waals surface area contributed by atoms with Crippen molar-refractivity contribution in [2.75, 3.05) is 0 Å². The fourth-order valence-corrected chi connectivity index (χ4v) is 8.30. The Bertz CT molecular complexity index is 770. The molecule has 0 N–H and O–H groups in total. The maximum absolute atomic E-state index is 12.0. The summed E-state index contributed by atoms with van der Waals surface area (Å²) in [6, 6.07) is 0. The largest absolute Gasteiger partial charge is 0.458 e. The van der Waals surface area contributed by atoms with Crippen LogP contribution >= 0.6 is 0 Å². The van der Waals surface area contributed by atoms with Crippen LogP contribution in [-0.4, -0.2) is 29.1 Å². The number of ether oxygens (including phenoxy) is 2. The van der Waals surface area contributed by atoms with Gasteiger partial charge >= 0.3 is 5.97 Å². The molecular weight excluding hydrogens is 328 g/mol. The number of carbonyl (C=O) groups is 2. The lowest BCUT2D eigenvalue weighted by molar-refractivity contribution is -0.164. The third kappa shape index (κ3) is 1.51. The fraction of sp³-hybridized carbons (Fsp3) is 0.818. The van der Waals surface area contributed by atoms with Crippen molar-refractivity contribution in [2.24, 2.45) is 22.7 Å². The van der Waals surface area contributed by atoms with Gasteiger partial charge in [-0.15, -0.1) is 0 Å². The Hall–Kier alpha value is -1.16. The van der Waals surface area contributed by atoms with Crippen LogP contribution in [0.15, 0.2) is 11.6 Å². The molecule has 4 heteroatoms. The van der Waals surface area contributed by atoms with Gasteiger partial charge in [-0.25, -0.2) is 0 Å². The van der Waals surface area contributed by atoms with Crippen molar-refractivity contribution in [1.82, 2.24) is 0 Å². The van der Waals surface area contributed by atoms with Crippen molar-refractivity contribution >= 4 is 11.8 Å². The van der Waals surface area contributed by atoms with Gasteiger partial charge in [0.25, 0.3) is 0 Å². The fourth-order valence-electron chi connectivity index (χ4n) is 8.30. The second kappa shape index (κ2) is 4.45. The van der Waals surface area contributed by atoms with E-state index in [0.29, 0.717) is 30.5 Å². The Morgan fingerprint density at radius 3 is 2.62 bits per heavy atom. The molecule has 2 spiro atoms. The number of hydrogen-bond donors (Lipinski definition) is 0. The SMILES string of the molecule is CC12C[C@@H]3O[C@@]34C(CCC3=CC(=O)CCC34C)C1CC[C@@]21CCC(=O)O1. The molecule has 4 unspecified atom stereocenters. The predicted molar refractivity (Wildman–Crippen MR) is 94.3 cm³/mol.